The van der Waals surface area contributed by atoms with E-state index in [9.17, 15) is 47.9 Å². The number of carbonyl (C=O) groups is 4. The summed E-state index contributed by atoms with van der Waals surface area (Å²) in [5, 5.41) is -3.32. The zero-order valence-electron chi connectivity index (χ0n) is 17.4. The van der Waals surface area contributed by atoms with Gasteiger partial charge < -0.3 is 43.3 Å². The number of hydrogen-bond acceptors (Lipinski definition) is 11. The molecule has 17 heteroatoms. The standard InChI is InChI=1S/C15H24O15P2/c1-7(16)26-5-11-13(27-8(2)17)14(28-9(3)18)15(30-10(4)19,32(23,24)25)12(29-11)6-31(20,21)22/h11-14H,5-6H2,1-4H3,(H2,20,21,22)(H2,23,24,25)/t11-,12+,13+,14+,15-/m1/s1. The molecule has 1 aliphatic rings. The van der Waals surface area contributed by atoms with Crippen LogP contribution in [0, 0.1) is 0 Å². The van der Waals surface area contributed by atoms with E-state index in [4.69, 9.17) is 23.7 Å². The third kappa shape index (κ3) is 7.07. The molecule has 1 saturated heterocycles. The van der Waals surface area contributed by atoms with Crippen molar-refractivity contribution in [1.29, 1.82) is 0 Å². The van der Waals surface area contributed by atoms with Crippen LogP contribution in [-0.2, 0) is 52.0 Å². The minimum absolute atomic E-state index is 0.725. The van der Waals surface area contributed by atoms with Crippen LogP contribution in [-0.4, -0.2) is 86.0 Å². The van der Waals surface area contributed by atoms with Crippen LogP contribution in [0.4, 0.5) is 0 Å². The number of hydrogen-bond donors (Lipinski definition) is 4. The molecule has 1 rings (SSSR count). The molecular formula is C15H24O15P2. The lowest BCUT2D eigenvalue weighted by atomic mass is 9.94. The molecule has 184 valence electrons. The van der Waals surface area contributed by atoms with E-state index in [0.29, 0.717) is 0 Å². The average molecular weight is 506 g/mol. The van der Waals surface area contributed by atoms with Gasteiger partial charge in [-0.15, -0.1) is 0 Å². The van der Waals surface area contributed by atoms with Crippen LogP contribution in [0.25, 0.3) is 0 Å². The normalized spacial score (nSPS) is 28.4. The van der Waals surface area contributed by atoms with Crippen molar-refractivity contribution in [2.24, 2.45) is 0 Å². The molecule has 0 saturated carbocycles. The van der Waals surface area contributed by atoms with Crippen molar-refractivity contribution in [3.63, 3.8) is 0 Å². The molecule has 0 amide bonds. The summed E-state index contributed by atoms with van der Waals surface area (Å²) >= 11 is 0. The molecule has 0 spiro atoms. The Morgan fingerprint density at radius 1 is 0.875 bits per heavy atom. The van der Waals surface area contributed by atoms with Gasteiger partial charge in [-0.2, -0.15) is 0 Å². The van der Waals surface area contributed by atoms with Gasteiger partial charge in [-0.1, -0.05) is 0 Å². The molecule has 5 atom stereocenters. The second-order valence-corrected chi connectivity index (χ2v) is 10.3. The first kappa shape index (κ1) is 28.2. The highest BCUT2D eigenvalue weighted by molar-refractivity contribution is 7.54. The van der Waals surface area contributed by atoms with Crippen molar-refractivity contribution >= 4 is 39.1 Å². The lowest BCUT2D eigenvalue weighted by Gasteiger charge is -2.51. The van der Waals surface area contributed by atoms with Crippen LogP contribution in [0.1, 0.15) is 27.7 Å². The monoisotopic (exact) mass is 506 g/mol. The average Bonchev–Trinajstić information content (AvgIpc) is 2.54. The van der Waals surface area contributed by atoms with Gasteiger partial charge in [0.25, 0.3) is 5.34 Å². The van der Waals surface area contributed by atoms with Crippen molar-refractivity contribution in [1.82, 2.24) is 0 Å². The highest BCUT2D eigenvalue weighted by Crippen LogP contribution is 2.61. The fourth-order valence-electron chi connectivity index (χ4n) is 3.15. The van der Waals surface area contributed by atoms with E-state index in [-0.39, 0.29) is 0 Å². The van der Waals surface area contributed by atoms with E-state index in [1.807, 2.05) is 0 Å². The SMILES string of the molecule is CC(=O)OC[C@H]1O[C@@H](CP(=O)(O)O)[C@@](OC(C)=O)(P(=O)(O)O)[C@@H](OC(C)=O)[C@H]1OC(C)=O. The second kappa shape index (κ2) is 10.4. The van der Waals surface area contributed by atoms with Gasteiger partial charge in [0.1, 0.15) is 18.8 Å². The summed E-state index contributed by atoms with van der Waals surface area (Å²) < 4.78 is 49.3. The van der Waals surface area contributed by atoms with E-state index in [1.54, 1.807) is 0 Å². The summed E-state index contributed by atoms with van der Waals surface area (Å²) in [4.78, 5) is 85.6. The Bertz CT molecular complexity index is 844. The van der Waals surface area contributed by atoms with Gasteiger partial charge in [0.05, 0.1) is 6.16 Å². The van der Waals surface area contributed by atoms with Gasteiger partial charge in [-0.05, 0) is 0 Å². The number of esters is 4. The number of rotatable bonds is 8. The van der Waals surface area contributed by atoms with Crippen LogP contribution in [0.5, 0.6) is 0 Å². The Labute approximate surface area is 181 Å². The lowest BCUT2D eigenvalue weighted by molar-refractivity contribution is -0.265. The Morgan fingerprint density at radius 2 is 1.41 bits per heavy atom. The van der Waals surface area contributed by atoms with Crippen molar-refractivity contribution < 1.29 is 71.6 Å². The zero-order chi connectivity index (χ0) is 25.1. The van der Waals surface area contributed by atoms with Crippen molar-refractivity contribution in [3.8, 4) is 0 Å². The number of carbonyl (C=O) groups excluding carboxylic acids is 4. The number of ether oxygens (including phenoxy) is 5. The van der Waals surface area contributed by atoms with Crippen molar-refractivity contribution in [3.05, 3.63) is 0 Å². The summed E-state index contributed by atoms with van der Waals surface area (Å²) in [6.45, 7) is 2.69. The highest BCUT2D eigenvalue weighted by Gasteiger charge is 2.71. The highest BCUT2D eigenvalue weighted by atomic mass is 31.2. The molecule has 0 aromatic carbocycles. The smallest absolute Gasteiger partial charge is 0.375 e. The second-order valence-electron chi connectivity index (χ2n) is 6.81. The van der Waals surface area contributed by atoms with Gasteiger partial charge in [-0.25, -0.2) is 0 Å². The van der Waals surface area contributed by atoms with E-state index in [0.717, 1.165) is 27.7 Å². The minimum Gasteiger partial charge on any atom is -0.463 e. The van der Waals surface area contributed by atoms with E-state index < -0.39 is 81.6 Å². The maximum absolute atomic E-state index is 12.6. The van der Waals surface area contributed by atoms with E-state index in [1.165, 1.54) is 0 Å². The van der Waals surface area contributed by atoms with Crippen LogP contribution in [0.15, 0.2) is 0 Å². The summed E-state index contributed by atoms with van der Waals surface area (Å²) in [6.07, 6.45) is -9.55. The Hall–Kier alpha value is -1.86. The summed E-state index contributed by atoms with van der Waals surface area (Å²) in [5.74, 6) is -4.43. The Kier molecular flexibility index (Phi) is 9.14. The molecule has 4 N–H and O–H groups in total. The first-order chi connectivity index (χ1) is 14.4. The third-order valence-electron chi connectivity index (χ3n) is 4.08. The zero-order valence-corrected chi connectivity index (χ0v) is 19.2. The molecule has 1 heterocycles. The van der Waals surface area contributed by atoms with Gasteiger partial charge in [0, 0.05) is 27.7 Å². The largest absolute Gasteiger partial charge is 0.463 e. The molecule has 32 heavy (non-hydrogen) atoms. The van der Waals surface area contributed by atoms with Gasteiger partial charge >= 0.3 is 39.1 Å². The van der Waals surface area contributed by atoms with Crippen LogP contribution in [0.3, 0.4) is 0 Å². The molecule has 0 bridgehead atoms. The fourth-order valence-corrected chi connectivity index (χ4v) is 5.39. The summed E-state index contributed by atoms with van der Waals surface area (Å²) in [5.41, 5.74) is 0. The summed E-state index contributed by atoms with van der Waals surface area (Å²) in [7, 11) is -10.9. The van der Waals surface area contributed by atoms with Gasteiger partial charge in [-0.3, -0.25) is 28.3 Å². The van der Waals surface area contributed by atoms with Gasteiger partial charge in [0.15, 0.2) is 12.2 Å². The first-order valence-electron chi connectivity index (χ1n) is 8.83. The lowest BCUT2D eigenvalue weighted by Crippen LogP contribution is -2.70. The van der Waals surface area contributed by atoms with Crippen molar-refractivity contribution in [2.75, 3.05) is 12.8 Å². The molecule has 1 fully saturated rings. The fraction of sp³-hybridized carbons (Fsp3) is 0.733. The minimum atomic E-state index is -5.81. The van der Waals surface area contributed by atoms with Crippen molar-refractivity contribution in [2.45, 2.75) is 57.5 Å². The Balaban J connectivity index is 3.85. The van der Waals surface area contributed by atoms with Crippen LogP contribution >= 0.6 is 15.2 Å². The van der Waals surface area contributed by atoms with Crippen LogP contribution < -0.4 is 0 Å². The van der Waals surface area contributed by atoms with Crippen LogP contribution in [0.2, 0.25) is 0 Å². The molecule has 0 unspecified atom stereocenters. The van der Waals surface area contributed by atoms with Gasteiger partial charge in [0.2, 0.25) is 0 Å². The third-order valence-corrected chi connectivity index (χ3v) is 6.44. The topological polar surface area (TPSA) is 229 Å². The predicted octanol–water partition coefficient (Wildman–Crippen LogP) is -1.20. The molecule has 0 aromatic rings. The molecule has 0 radical (unpaired) electrons. The first-order valence-corrected chi connectivity index (χ1v) is 12.2. The van der Waals surface area contributed by atoms with E-state index in [2.05, 4.69) is 0 Å². The quantitative estimate of drug-likeness (QED) is 0.172. The van der Waals surface area contributed by atoms with E-state index >= 15 is 0 Å². The predicted molar refractivity (Wildman–Crippen MR) is 99.9 cm³/mol. The maximum atomic E-state index is 12.6. The molecule has 15 nitrogen and oxygen atoms in total. The molecular weight excluding hydrogens is 482 g/mol. The molecule has 1 aliphatic heterocycles. The summed E-state index contributed by atoms with van der Waals surface area (Å²) in [6, 6.07) is 0. The molecule has 0 aromatic heterocycles. The maximum Gasteiger partial charge on any atom is 0.375 e. The Morgan fingerprint density at radius 3 is 1.78 bits per heavy atom. The molecule has 0 aliphatic carbocycles.